The summed E-state index contributed by atoms with van der Waals surface area (Å²) < 4.78 is 0. The number of nitro groups is 2. The fourth-order valence-electron chi connectivity index (χ4n) is 2.97. The van der Waals surface area contributed by atoms with Crippen LogP contribution in [0, 0.1) is 20.2 Å². The molecule has 4 rings (SSSR count). The summed E-state index contributed by atoms with van der Waals surface area (Å²) in [6, 6.07) is 10.6. The number of rotatable bonds is 4. The number of carbonyl (C=O) groups excluding carboxylic acids is 4. The number of hydrogen-bond donors (Lipinski definition) is 0. The predicted molar refractivity (Wildman–Crippen MR) is 110 cm³/mol. The predicted octanol–water partition coefficient (Wildman–Crippen LogP) is 2.27. The molecular weight excluding hydrogens is 424 g/mol. The Bertz CT molecular complexity index is 1070. The van der Waals surface area contributed by atoms with E-state index in [4.69, 9.17) is 0 Å². The molecule has 0 saturated carbocycles. The summed E-state index contributed by atoms with van der Waals surface area (Å²) in [6.07, 6.45) is 2.72. The van der Waals surface area contributed by atoms with E-state index in [0.29, 0.717) is 11.4 Å². The molecule has 0 unspecified atom stereocenters. The highest BCUT2D eigenvalue weighted by molar-refractivity contribution is 6.28. The summed E-state index contributed by atoms with van der Waals surface area (Å²) in [4.78, 5) is 67.1. The van der Waals surface area contributed by atoms with Gasteiger partial charge in [-0.2, -0.15) is 0 Å². The summed E-state index contributed by atoms with van der Waals surface area (Å²) in [5.41, 5.74) is 0.558. The van der Waals surface area contributed by atoms with Gasteiger partial charge in [-0.25, -0.2) is 4.90 Å². The van der Waals surface area contributed by atoms with E-state index in [2.05, 4.69) is 0 Å². The van der Waals surface area contributed by atoms with Crippen LogP contribution in [0.15, 0.2) is 60.7 Å². The molecule has 2 aromatic rings. The minimum absolute atomic E-state index is 0.0668. The second-order valence-electron chi connectivity index (χ2n) is 6.52. The molecule has 2 aromatic carbocycles. The van der Waals surface area contributed by atoms with E-state index in [1.165, 1.54) is 48.5 Å². The Kier molecular flexibility index (Phi) is 6.14. The number of carbonyl (C=O) groups is 4. The number of nitrogens with zero attached hydrogens (tertiary/aromatic N) is 4. The summed E-state index contributed by atoms with van der Waals surface area (Å²) in [5, 5.41) is 20.8. The molecule has 0 radical (unpaired) electrons. The molecule has 162 valence electrons. The topological polar surface area (TPSA) is 161 Å². The highest BCUT2D eigenvalue weighted by Crippen LogP contribution is 2.25. The molecule has 0 aromatic heterocycles. The van der Waals surface area contributed by atoms with Gasteiger partial charge in [0.1, 0.15) is 0 Å². The lowest BCUT2D eigenvalue weighted by Gasteiger charge is -2.12. The third-order valence-corrected chi connectivity index (χ3v) is 4.50. The zero-order valence-corrected chi connectivity index (χ0v) is 16.2. The second-order valence-corrected chi connectivity index (χ2v) is 6.52. The van der Waals surface area contributed by atoms with Gasteiger partial charge in [0.2, 0.25) is 11.8 Å². The molecule has 0 aliphatic carbocycles. The van der Waals surface area contributed by atoms with Gasteiger partial charge in [-0.05, 0) is 24.3 Å². The van der Waals surface area contributed by atoms with Crippen molar-refractivity contribution in [3.63, 3.8) is 0 Å². The molecule has 4 amide bonds. The van der Waals surface area contributed by atoms with Crippen LogP contribution in [0.25, 0.3) is 0 Å². The van der Waals surface area contributed by atoms with Gasteiger partial charge in [-0.3, -0.25) is 44.3 Å². The molecule has 0 atom stereocenters. The van der Waals surface area contributed by atoms with Crippen molar-refractivity contribution >= 4 is 46.4 Å². The quantitative estimate of drug-likeness (QED) is 0.399. The van der Waals surface area contributed by atoms with Crippen LogP contribution in [0.1, 0.15) is 12.8 Å². The Morgan fingerprint density at radius 1 is 0.594 bits per heavy atom. The zero-order chi connectivity index (χ0) is 23.4. The molecule has 12 heteroatoms. The number of amides is 4. The number of non-ortho nitro benzene ring substituents is 2. The van der Waals surface area contributed by atoms with Gasteiger partial charge in [0.25, 0.3) is 23.2 Å². The molecule has 12 nitrogen and oxygen atoms in total. The number of hydrogen-bond acceptors (Lipinski definition) is 8. The molecule has 32 heavy (non-hydrogen) atoms. The van der Waals surface area contributed by atoms with Crippen molar-refractivity contribution in [2.75, 3.05) is 9.80 Å². The van der Waals surface area contributed by atoms with Crippen LogP contribution in [-0.4, -0.2) is 33.5 Å². The summed E-state index contributed by atoms with van der Waals surface area (Å²) >= 11 is 0. The van der Waals surface area contributed by atoms with Crippen molar-refractivity contribution < 1.29 is 29.0 Å². The second kappa shape index (κ2) is 8.95. The maximum Gasteiger partial charge on any atom is 0.269 e. The highest BCUT2D eigenvalue weighted by atomic mass is 16.6. The van der Waals surface area contributed by atoms with Crippen molar-refractivity contribution in [1.82, 2.24) is 0 Å². The van der Waals surface area contributed by atoms with Crippen LogP contribution >= 0.6 is 0 Å². The van der Waals surface area contributed by atoms with Gasteiger partial charge in [-0.1, -0.05) is 0 Å². The fraction of sp³-hybridized carbons (Fsp3) is 0.100. The Morgan fingerprint density at radius 3 is 1.28 bits per heavy atom. The Balaban J connectivity index is 0.000000181. The molecule has 0 spiro atoms. The van der Waals surface area contributed by atoms with Crippen molar-refractivity contribution in [1.29, 1.82) is 0 Å². The van der Waals surface area contributed by atoms with E-state index >= 15 is 0 Å². The van der Waals surface area contributed by atoms with Gasteiger partial charge in [-0.15, -0.1) is 0 Å². The van der Waals surface area contributed by atoms with Crippen molar-refractivity contribution in [2.24, 2.45) is 0 Å². The number of nitro benzene ring substituents is 2. The lowest BCUT2D eigenvalue weighted by atomic mass is 10.2. The molecule has 1 saturated heterocycles. The summed E-state index contributed by atoms with van der Waals surface area (Å²) in [6.45, 7) is 0. The van der Waals surface area contributed by atoms with E-state index in [1.54, 1.807) is 0 Å². The van der Waals surface area contributed by atoms with Crippen LogP contribution in [0.4, 0.5) is 22.7 Å². The third kappa shape index (κ3) is 4.53. The summed E-state index contributed by atoms with van der Waals surface area (Å²) in [7, 11) is 0. The molecular formula is C20H14N4O8. The third-order valence-electron chi connectivity index (χ3n) is 4.50. The minimum atomic E-state index is -0.546. The Hall–Kier alpha value is -4.74. The smallest absolute Gasteiger partial charge is 0.269 e. The van der Waals surface area contributed by atoms with E-state index in [-0.39, 0.29) is 36.0 Å². The zero-order valence-electron chi connectivity index (χ0n) is 16.2. The van der Waals surface area contributed by atoms with Gasteiger partial charge in [0.15, 0.2) is 0 Å². The average molecular weight is 438 g/mol. The van der Waals surface area contributed by atoms with Gasteiger partial charge >= 0.3 is 0 Å². The van der Waals surface area contributed by atoms with Crippen LogP contribution < -0.4 is 9.80 Å². The van der Waals surface area contributed by atoms with Crippen LogP contribution in [0.3, 0.4) is 0 Å². The molecule has 1 fully saturated rings. The fourth-order valence-corrected chi connectivity index (χ4v) is 2.97. The SMILES string of the molecule is O=C1C=CC(=O)N1c1ccc([N+](=O)[O-])cc1.O=C1CCC(=O)N1c1ccc([N+](=O)[O-])cc1. The number of anilines is 2. The maximum absolute atomic E-state index is 11.4. The van der Waals surface area contributed by atoms with Crippen molar-refractivity contribution in [3.05, 3.63) is 80.9 Å². The standard InChI is InChI=1S/C10H8N2O4.C10H6N2O4/c2*13-9-5-6-10(14)11(9)7-1-3-8(4-2-7)12(15)16/h1-4H,5-6H2;1-6H. The van der Waals surface area contributed by atoms with Gasteiger partial charge in [0.05, 0.1) is 21.2 Å². The lowest BCUT2D eigenvalue weighted by molar-refractivity contribution is -0.385. The van der Waals surface area contributed by atoms with Crippen molar-refractivity contribution in [2.45, 2.75) is 12.8 Å². The first kappa shape index (κ1) is 22.0. The Labute approximate surface area is 179 Å². The molecule has 2 aliphatic rings. The Morgan fingerprint density at radius 2 is 0.938 bits per heavy atom. The van der Waals surface area contributed by atoms with E-state index in [9.17, 15) is 39.4 Å². The van der Waals surface area contributed by atoms with Crippen molar-refractivity contribution in [3.8, 4) is 0 Å². The lowest BCUT2D eigenvalue weighted by Crippen LogP contribution is -2.29. The largest absolute Gasteiger partial charge is 0.274 e. The maximum atomic E-state index is 11.4. The number of imide groups is 2. The molecule has 0 bridgehead atoms. The average Bonchev–Trinajstić information content (AvgIpc) is 3.28. The normalized spacial score (nSPS) is 15.1. The van der Waals surface area contributed by atoms with E-state index in [1.807, 2.05) is 0 Å². The monoisotopic (exact) mass is 438 g/mol. The van der Waals surface area contributed by atoms with Gasteiger partial charge < -0.3 is 0 Å². The van der Waals surface area contributed by atoms with E-state index < -0.39 is 21.7 Å². The van der Waals surface area contributed by atoms with E-state index in [0.717, 1.165) is 22.0 Å². The molecule has 2 heterocycles. The molecule has 2 aliphatic heterocycles. The first-order valence-corrected chi connectivity index (χ1v) is 9.10. The van der Waals surface area contributed by atoms with Crippen LogP contribution in [-0.2, 0) is 19.2 Å². The number of benzene rings is 2. The minimum Gasteiger partial charge on any atom is -0.274 e. The van der Waals surface area contributed by atoms with Crippen LogP contribution in [0.5, 0.6) is 0 Å². The molecule has 0 N–H and O–H groups in total. The highest BCUT2D eigenvalue weighted by Gasteiger charge is 2.30. The summed E-state index contributed by atoms with van der Waals surface area (Å²) in [5.74, 6) is -1.42. The first-order chi connectivity index (χ1) is 15.2. The van der Waals surface area contributed by atoms with Gasteiger partial charge in [0, 0.05) is 49.3 Å². The van der Waals surface area contributed by atoms with Crippen LogP contribution in [0.2, 0.25) is 0 Å². The first-order valence-electron chi connectivity index (χ1n) is 9.10.